The van der Waals surface area contributed by atoms with E-state index in [4.69, 9.17) is 4.42 Å². The number of hydrogen-bond donors (Lipinski definition) is 1. The molecule has 0 amide bonds. The van der Waals surface area contributed by atoms with Gasteiger partial charge in [-0.1, -0.05) is 23.3 Å². The van der Waals surface area contributed by atoms with Crippen LogP contribution in [-0.4, -0.2) is 23.3 Å². The predicted molar refractivity (Wildman–Crippen MR) is 86.9 cm³/mol. The molecular formula is C16H15N3O3S. The Morgan fingerprint density at radius 3 is 2.78 bits per heavy atom. The van der Waals surface area contributed by atoms with Crippen molar-refractivity contribution in [2.24, 2.45) is 0 Å². The summed E-state index contributed by atoms with van der Waals surface area (Å²) < 4.78 is 10.2. The molecule has 2 aromatic heterocycles. The minimum atomic E-state index is -0.263. The number of benzene rings is 1. The fourth-order valence-electron chi connectivity index (χ4n) is 2.01. The minimum Gasteiger partial charge on any atom is -0.469 e. The van der Waals surface area contributed by atoms with E-state index in [1.807, 2.05) is 41.8 Å². The van der Waals surface area contributed by atoms with Gasteiger partial charge >= 0.3 is 12.0 Å². The second kappa shape index (κ2) is 7.06. The average Bonchev–Trinajstić information content (AvgIpc) is 3.22. The van der Waals surface area contributed by atoms with Crippen molar-refractivity contribution >= 4 is 29.0 Å². The van der Waals surface area contributed by atoms with Crippen LogP contribution in [0, 0.1) is 0 Å². The van der Waals surface area contributed by atoms with E-state index in [0.717, 1.165) is 11.3 Å². The summed E-state index contributed by atoms with van der Waals surface area (Å²) in [7, 11) is 1.38. The Bertz CT molecular complexity index is 766. The molecule has 3 aromatic rings. The molecule has 0 bridgehead atoms. The molecule has 0 spiro atoms. The molecule has 1 aromatic carbocycles. The number of nitrogens with one attached hydrogen (secondary N) is 1. The van der Waals surface area contributed by atoms with Crippen LogP contribution >= 0.6 is 11.3 Å². The van der Waals surface area contributed by atoms with Gasteiger partial charge in [0.2, 0.25) is 5.89 Å². The van der Waals surface area contributed by atoms with E-state index in [9.17, 15) is 4.79 Å². The molecular weight excluding hydrogens is 314 g/mol. The monoisotopic (exact) mass is 329 g/mol. The maximum absolute atomic E-state index is 11.2. The highest BCUT2D eigenvalue weighted by molar-refractivity contribution is 7.09. The standard InChI is InChI=1S/C16H15N3O3S/c1-21-15(20)9-11-4-6-12(7-5-11)17-16-19-18-14(22-16)10-13-3-2-8-23-13/h2-8H,9-10H2,1H3,(H,17,19). The zero-order chi connectivity index (χ0) is 16.1. The summed E-state index contributed by atoms with van der Waals surface area (Å²) in [5.41, 5.74) is 1.69. The van der Waals surface area contributed by atoms with Gasteiger partial charge in [-0.05, 0) is 29.1 Å². The molecule has 3 rings (SSSR count). The number of ether oxygens (including phenoxy) is 1. The van der Waals surface area contributed by atoms with Gasteiger partial charge in [-0.3, -0.25) is 4.79 Å². The third kappa shape index (κ3) is 4.17. The SMILES string of the molecule is COC(=O)Cc1ccc(Nc2nnc(Cc3cccs3)o2)cc1. The Labute approximate surface area is 137 Å². The fourth-order valence-corrected chi connectivity index (χ4v) is 2.70. The Morgan fingerprint density at radius 2 is 2.09 bits per heavy atom. The number of thiophene rings is 1. The molecule has 0 atom stereocenters. The molecule has 7 heteroatoms. The van der Waals surface area contributed by atoms with Crippen LogP contribution in [-0.2, 0) is 22.4 Å². The van der Waals surface area contributed by atoms with Gasteiger partial charge in [-0.2, -0.15) is 0 Å². The van der Waals surface area contributed by atoms with Crippen LogP contribution in [0.3, 0.4) is 0 Å². The highest BCUT2D eigenvalue weighted by Crippen LogP contribution is 2.19. The van der Waals surface area contributed by atoms with Crippen LogP contribution in [0.2, 0.25) is 0 Å². The highest BCUT2D eigenvalue weighted by atomic mass is 32.1. The first-order valence-electron chi connectivity index (χ1n) is 7.00. The molecule has 1 N–H and O–H groups in total. The Balaban J connectivity index is 1.61. The number of carbonyl (C=O) groups is 1. The van der Waals surface area contributed by atoms with Crippen LogP contribution < -0.4 is 5.32 Å². The summed E-state index contributed by atoms with van der Waals surface area (Å²) in [5.74, 6) is 0.304. The average molecular weight is 329 g/mol. The lowest BCUT2D eigenvalue weighted by Crippen LogP contribution is -2.04. The zero-order valence-electron chi connectivity index (χ0n) is 12.5. The predicted octanol–water partition coefficient (Wildman–Crippen LogP) is 3.18. The van der Waals surface area contributed by atoms with Gasteiger partial charge in [0.15, 0.2) is 0 Å². The van der Waals surface area contributed by atoms with Crippen molar-refractivity contribution in [1.82, 2.24) is 10.2 Å². The summed E-state index contributed by atoms with van der Waals surface area (Å²) in [6.07, 6.45) is 0.882. The molecule has 0 aliphatic carbocycles. The van der Waals surface area contributed by atoms with Crippen molar-refractivity contribution < 1.29 is 13.9 Å². The van der Waals surface area contributed by atoms with Gasteiger partial charge in [0.05, 0.1) is 20.0 Å². The van der Waals surface area contributed by atoms with Crippen LogP contribution in [0.25, 0.3) is 0 Å². The van der Waals surface area contributed by atoms with E-state index >= 15 is 0 Å². The van der Waals surface area contributed by atoms with E-state index in [2.05, 4.69) is 20.3 Å². The quantitative estimate of drug-likeness (QED) is 0.700. The Kier molecular flexibility index (Phi) is 4.68. The topological polar surface area (TPSA) is 77.2 Å². The second-order valence-electron chi connectivity index (χ2n) is 4.83. The number of carbonyl (C=O) groups excluding carboxylic acids is 1. The Hall–Kier alpha value is -2.67. The summed E-state index contributed by atoms with van der Waals surface area (Å²) >= 11 is 1.65. The largest absolute Gasteiger partial charge is 0.469 e. The molecule has 0 saturated heterocycles. The number of hydrogen-bond acceptors (Lipinski definition) is 7. The number of nitrogens with zero attached hydrogens (tertiary/aromatic N) is 2. The molecule has 23 heavy (non-hydrogen) atoms. The van der Waals surface area contributed by atoms with Gasteiger partial charge in [0.25, 0.3) is 0 Å². The van der Waals surface area contributed by atoms with Crippen molar-refractivity contribution in [3.63, 3.8) is 0 Å². The van der Waals surface area contributed by atoms with Crippen molar-refractivity contribution in [1.29, 1.82) is 0 Å². The maximum Gasteiger partial charge on any atom is 0.320 e. The van der Waals surface area contributed by atoms with Gasteiger partial charge in [-0.15, -0.1) is 16.4 Å². The highest BCUT2D eigenvalue weighted by Gasteiger charge is 2.08. The van der Waals surface area contributed by atoms with E-state index in [0.29, 0.717) is 18.3 Å². The van der Waals surface area contributed by atoms with Crippen LogP contribution in [0.4, 0.5) is 11.7 Å². The molecule has 0 unspecified atom stereocenters. The lowest BCUT2D eigenvalue weighted by Gasteiger charge is -2.03. The van der Waals surface area contributed by atoms with Crippen molar-refractivity contribution in [2.45, 2.75) is 12.8 Å². The smallest absolute Gasteiger partial charge is 0.320 e. The normalized spacial score (nSPS) is 10.5. The number of methoxy groups -OCH3 is 1. The fraction of sp³-hybridized carbons (Fsp3) is 0.188. The van der Waals surface area contributed by atoms with E-state index < -0.39 is 0 Å². The van der Waals surface area contributed by atoms with Crippen LogP contribution in [0.5, 0.6) is 0 Å². The number of anilines is 2. The second-order valence-corrected chi connectivity index (χ2v) is 5.86. The van der Waals surface area contributed by atoms with Gasteiger partial charge in [-0.25, -0.2) is 0 Å². The first kappa shape index (κ1) is 15.2. The summed E-state index contributed by atoms with van der Waals surface area (Å²) in [5, 5.41) is 13.1. The van der Waals surface area contributed by atoms with E-state index in [-0.39, 0.29) is 12.4 Å². The number of aromatic nitrogens is 2. The van der Waals surface area contributed by atoms with Crippen molar-refractivity contribution in [3.8, 4) is 0 Å². The third-order valence-electron chi connectivity index (χ3n) is 3.15. The van der Waals surface area contributed by atoms with Crippen molar-refractivity contribution in [2.75, 3.05) is 12.4 Å². The maximum atomic E-state index is 11.2. The van der Waals surface area contributed by atoms with Gasteiger partial charge in [0, 0.05) is 10.6 Å². The summed E-state index contributed by atoms with van der Waals surface area (Å²) in [6, 6.07) is 11.8. The Morgan fingerprint density at radius 1 is 1.26 bits per heavy atom. The molecule has 2 heterocycles. The molecule has 0 aliphatic rings. The van der Waals surface area contributed by atoms with Gasteiger partial charge < -0.3 is 14.5 Å². The lowest BCUT2D eigenvalue weighted by atomic mass is 10.1. The van der Waals surface area contributed by atoms with Crippen molar-refractivity contribution in [3.05, 3.63) is 58.1 Å². The number of rotatable bonds is 6. The molecule has 0 radical (unpaired) electrons. The zero-order valence-corrected chi connectivity index (χ0v) is 13.3. The first-order valence-corrected chi connectivity index (χ1v) is 7.88. The molecule has 6 nitrogen and oxygen atoms in total. The molecule has 0 aliphatic heterocycles. The van der Waals surface area contributed by atoms with E-state index in [1.165, 1.54) is 12.0 Å². The molecule has 118 valence electrons. The molecule has 0 saturated carbocycles. The summed E-state index contributed by atoms with van der Waals surface area (Å²) in [4.78, 5) is 12.4. The van der Waals surface area contributed by atoms with Gasteiger partial charge in [0.1, 0.15) is 0 Å². The number of esters is 1. The van der Waals surface area contributed by atoms with Crippen LogP contribution in [0.15, 0.2) is 46.2 Å². The lowest BCUT2D eigenvalue weighted by molar-refractivity contribution is -0.139. The van der Waals surface area contributed by atoms with E-state index in [1.54, 1.807) is 11.3 Å². The summed E-state index contributed by atoms with van der Waals surface area (Å²) in [6.45, 7) is 0. The minimum absolute atomic E-state index is 0.252. The third-order valence-corrected chi connectivity index (χ3v) is 4.03. The first-order chi connectivity index (χ1) is 11.2. The molecule has 0 fully saturated rings. The van der Waals surface area contributed by atoms with Crippen LogP contribution in [0.1, 0.15) is 16.3 Å².